The van der Waals surface area contributed by atoms with Crippen LogP contribution in [0.5, 0.6) is 0 Å². The molecule has 4 rings (SSSR count). The van der Waals surface area contributed by atoms with Crippen molar-refractivity contribution >= 4 is 33.4 Å². The van der Waals surface area contributed by atoms with Crippen molar-refractivity contribution in [1.82, 2.24) is 9.73 Å². The van der Waals surface area contributed by atoms with Crippen molar-refractivity contribution in [2.75, 3.05) is 0 Å². The fourth-order valence-electron chi connectivity index (χ4n) is 3.87. The van der Waals surface area contributed by atoms with Gasteiger partial charge in [-0.05, 0) is 54.4 Å². The lowest BCUT2D eigenvalue weighted by molar-refractivity contribution is -0.137. The van der Waals surface area contributed by atoms with Crippen molar-refractivity contribution in [3.63, 3.8) is 0 Å². The number of amides is 2. The van der Waals surface area contributed by atoms with E-state index in [9.17, 15) is 26.4 Å². The number of benzene rings is 3. The molecular formula is C24H19ClF3N3O3S. The number of sulfonamides is 1. The fraction of sp³-hybridized carbons (Fsp3) is 0.167. The van der Waals surface area contributed by atoms with E-state index in [0.717, 1.165) is 22.7 Å². The number of nitrogens with zero attached hydrogens (tertiary/aromatic N) is 2. The molecule has 3 aromatic carbocycles. The van der Waals surface area contributed by atoms with Gasteiger partial charge in [-0.2, -0.15) is 18.3 Å². The van der Waals surface area contributed by atoms with Crippen LogP contribution in [0.2, 0.25) is 5.02 Å². The van der Waals surface area contributed by atoms with Crippen LogP contribution in [0, 0.1) is 0 Å². The Kier molecular flexibility index (Phi) is 6.61. The van der Waals surface area contributed by atoms with Gasteiger partial charge in [0.1, 0.15) is 0 Å². The molecule has 1 N–H and O–H groups in total. The average molecular weight is 522 g/mol. The number of hydrazone groups is 1. The molecule has 2 amide bonds. The quantitative estimate of drug-likeness (QED) is 0.482. The van der Waals surface area contributed by atoms with Gasteiger partial charge in [0.2, 0.25) is 0 Å². The molecule has 2 atom stereocenters. The Labute approximate surface area is 205 Å². The highest BCUT2D eigenvalue weighted by Gasteiger charge is 2.40. The van der Waals surface area contributed by atoms with E-state index in [4.69, 9.17) is 11.6 Å². The maximum Gasteiger partial charge on any atom is 0.416 e. The summed E-state index contributed by atoms with van der Waals surface area (Å²) in [6.07, 6.45) is -4.62. The number of hydrogen-bond donors (Lipinski definition) is 1. The van der Waals surface area contributed by atoms with Crippen LogP contribution < -0.4 is 4.72 Å². The lowest BCUT2D eigenvalue weighted by atomic mass is 9.86. The highest BCUT2D eigenvalue weighted by molar-refractivity contribution is 7.90. The van der Waals surface area contributed by atoms with Crippen LogP contribution in [0.15, 0.2) is 88.9 Å². The van der Waals surface area contributed by atoms with Gasteiger partial charge >= 0.3 is 12.2 Å². The van der Waals surface area contributed by atoms with Crippen molar-refractivity contribution in [3.8, 4) is 0 Å². The summed E-state index contributed by atoms with van der Waals surface area (Å²) in [6.45, 7) is 1.73. The molecule has 0 spiro atoms. The first-order valence-corrected chi connectivity index (χ1v) is 12.3. The normalized spacial score (nSPS) is 18.3. The number of alkyl halides is 3. The van der Waals surface area contributed by atoms with Crippen molar-refractivity contribution in [2.45, 2.75) is 30.0 Å². The molecule has 0 unspecified atom stereocenters. The van der Waals surface area contributed by atoms with E-state index in [2.05, 4.69) is 5.10 Å². The van der Waals surface area contributed by atoms with Gasteiger partial charge in [-0.3, -0.25) is 0 Å². The molecule has 6 nitrogen and oxygen atoms in total. The molecule has 182 valence electrons. The molecule has 1 aliphatic rings. The third kappa shape index (κ3) is 5.18. The summed E-state index contributed by atoms with van der Waals surface area (Å²) < 4.78 is 65.7. The molecule has 1 heterocycles. The van der Waals surface area contributed by atoms with E-state index in [1.165, 1.54) is 0 Å². The SMILES string of the molecule is C[C@H]1[C@H](c2ccccc2)C(c2ccc(Cl)cc2)=NN1C(=O)NS(=O)(=O)c1ccc(C(F)(F)F)cc1. The minimum atomic E-state index is -4.62. The zero-order valence-electron chi connectivity index (χ0n) is 18.2. The number of nitrogens with one attached hydrogen (secondary N) is 1. The van der Waals surface area contributed by atoms with Crippen LogP contribution in [0.1, 0.15) is 29.5 Å². The Balaban J connectivity index is 1.64. The van der Waals surface area contributed by atoms with Crippen molar-refractivity contribution in [2.24, 2.45) is 5.10 Å². The minimum absolute atomic E-state index is 0.364. The van der Waals surface area contributed by atoms with Crippen LogP contribution in [0.25, 0.3) is 0 Å². The molecule has 3 aromatic rings. The van der Waals surface area contributed by atoms with Crippen molar-refractivity contribution in [1.29, 1.82) is 0 Å². The number of hydrogen-bond acceptors (Lipinski definition) is 4. The number of carbonyl (C=O) groups is 1. The first-order valence-electron chi connectivity index (χ1n) is 10.4. The maximum atomic E-state index is 13.0. The van der Waals surface area contributed by atoms with Gasteiger partial charge in [0.05, 0.1) is 28.1 Å². The molecule has 0 radical (unpaired) electrons. The topological polar surface area (TPSA) is 78.8 Å². The van der Waals surface area contributed by atoms with E-state index in [1.807, 2.05) is 35.1 Å². The fourth-order valence-corrected chi connectivity index (χ4v) is 4.93. The largest absolute Gasteiger partial charge is 0.416 e. The summed E-state index contributed by atoms with van der Waals surface area (Å²) in [5.74, 6) is -0.364. The summed E-state index contributed by atoms with van der Waals surface area (Å²) in [5.41, 5.74) is 1.12. The molecule has 0 aromatic heterocycles. The summed E-state index contributed by atoms with van der Waals surface area (Å²) in [6, 6.07) is 17.5. The number of rotatable bonds is 4. The van der Waals surface area contributed by atoms with E-state index < -0.39 is 38.7 Å². The van der Waals surface area contributed by atoms with Gasteiger partial charge in [0, 0.05) is 5.02 Å². The van der Waals surface area contributed by atoms with Crippen LogP contribution >= 0.6 is 11.6 Å². The lowest BCUT2D eigenvalue weighted by Gasteiger charge is -2.23. The van der Waals surface area contributed by atoms with E-state index in [1.54, 1.807) is 31.2 Å². The zero-order valence-corrected chi connectivity index (χ0v) is 19.8. The minimum Gasteiger partial charge on any atom is -0.246 e. The maximum absolute atomic E-state index is 13.0. The molecule has 0 fully saturated rings. The Morgan fingerprint density at radius 1 is 0.971 bits per heavy atom. The molecule has 0 saturated heterocycles. The smallest absolute Gasteiger partial charge is 0.246 e. The van der Waals surface area contributed by atoms with E-state index in [-0.39, 0.29) is 5.92 Å². The number of halogens is 4. The Morgan fingerprint density at radius 2 is 1.57 bits per heavy atom. The van der Waals surface area contributed by atoms with Gasteiger partial charge in [-0.1, -0.05) is 54.1 Å². The average Bonchev–Trinajstić information content (AvgIpc) is 3.16. The van der Waals surface area contributed by atoms with Crippen LogP contribution in [-0.2, 0) is 16.2 Å². The molecule has 0 bridgehead atoms. The van der Waals surface area contributed by atoms with E-state index in [0.29, 0.717) is 28.4 Å². The third-order valence-corrected chi connectivity index (χ3v) is 7.19. The molecule has 0 aliphatic carbocycles. The van der Waals surface area contributed by atoms with Crippen LogP contribution in [-0.4, -0.2) is 31.2 Å². The highest BCUT2D eigenvalue weighted by Crippen LogP contribution is 2.35. The Bertz CT molecular complexity index is 1360. The van der Waals surface area contributed by atoms with Crippen molar-refractivity contribution < 1.29 is 26.4 Å². The molecule has 1 aliphatic heterocycles. The summed E-state index contributed by atoms with van der Waals surface area (Å²) in [7, 11) is -4.45. The summed E-state index contributed by atoms with van der Waals surface area (Å²) >= 11 is 6.00. The zero-order chi connectivity index (χ0) is 25.4. The Hall–Kier alpha value is -3.37. The monoisotopic (exact) mass is 521 g/mol. The standard InChI is InChI=1S/C24H19ClF3N3O3S/c1-15-21(16-5-3-2-4-6-16)22(17-7-11-19(25)12-8-17)29-31(15)23(32)30-35(33,34)20-13-9-18(10-14-20)24(26,27)28/h2-15,21H,1H3,(H,30,32)/t15-,21+/m0/s1. The lowest BCUT2D eigenvalue weighted by Crippen LogP contribution is -2.43. The molecule has 0 saturated carbocycles. The second-order valence-corrected chi connectivity index (χ2v) is 10.0. The third-order valence-electron chi connectivity index (χ3n) is 5.60. The molecule has 11 heteroatoms. The summed E-state index contributed by atoms with van der Waals surface area (Å²) in [5, 5.41) is 5.99. The van der Waals surface area contributed by atoms with Gasteiger partial charge < -0.3 is 0 Å². The van der Waals surface area contributed by atoms with Gasteiger partial charge in [-0.15, -0.1) is 0 Å². The summed E-state index contributed by atoms with van der Waals surface area (Å²) in [4.78, 5) is 12.5. The van der Waals surface area contributed by atoms with Crippen LogP contribution in [0.3, 0.4) is 0 Å². The second-order valence-electron chi connectivity index (χ2n) is 7.90. The van der Waals surface area contributed by atoms with Crippen molar-refractivity contribution in [3.05, 3.63) is 101 Å². The number of urea groups is 1. The van der Waals surface area contributed by atoms with Crippen LogP contribution in [0.4, 0.5) is 18.0 Å². The van der Waals surface area contributed by atoms with E-state index >= 15 is 0 Å². The molecule has 35 heavy (non-hydrogen) atoms. The van der Waals surface area contributed by atoms with Gasteiger partial charge in [0.25, 0.3) is 10.0 Å². The highest BCUT2D eigenvalue weighted by atomic mass is 35.5. The first-order chi connectivity index (χ1) is 16.5. The predicted octanol–water partition coefficient (Wildman–Crippen LogP) is 5.65. The second kappa shape index (κ2) is 9.35. The van der Waals surface area contributed by atoms with Gasteiger partial charge in [0.15, 0.2) is 0 Å². The Morgan fingerprint density at radius 3 is 2.14 bits per heavy atom. The molecular weight excluding hydrogens is 503 g/mol. The number of carbonyl (C=O) groups excluding carboxylic acids is 1. The van der Waals surface area contributed by atoms with Gasteiger partial charge in [-0.25, -0.2) is 22.9 Å². The first kappa shape index (κ1) is 24.7. The predicted molar refractivity (Wildman–Crippen MR) is 126 cm³/mol.